The van der Waals surface area contributed by atoms with Crippen molar-refractivity contribution in [2.45, 2.75) is 77.3 Å². The van der Waals surface area contributed by atoms with E-state index in [1.54, 1.807) is 71.6 Å². The molecule has 11 rings (SSSR count). The molecule has 0 bridgehead atoms. The third-order valence-electron chi connectivity index (χ3n) is 16.3. The van der Waals surface area contributed by atoms with Gasteiger partial charge < -0.3 is 48.6 Å². The van der Waals surface area contributed by atoms with Gasteiger partial charge in [-0.05, 0) is 78.8 Å². The Labute approximate surface area is 534 Å². The molecular weight excluding hydrogens is 1180 g/mol. The summed E-state index contributed by atoms with van der Waals surface area (Å²) in [6.07, 6.45) is 2.59. The summed E-state index contributed by atoms with van der Waals surface area (Å²) < 4.78 is 27.6. The Morgan fingerprint density at radius 2 is 0.852 bits per heavy atom. The van der Waals surface area contributed by atoms with E-state index in [-0.39, 0.29) is 112 Å². The van der Waals surface area contributed by atoms with Crippen LogP contribution in [-0.4, -0.2) is 127 Å². The Bertz CT molecular complexity index is 3190. The van der Waals surface area contributed by atoms with Crippen molar-refractivity contribution >= 4 is 82.0 Å². The second kappa shape index (κ2) is 32.8. The number of esters is 2. The van der Waals surface area contributed by atoms with Crippen molar-refractivity contribution in [1.29, 1.82) is 0 Å². The van der Waals surface area contributed by atoms with Gasteiger partial charge in [-0.15, -0.1) is 0 Å². The SMILES string of the molecule is CC(=O)N1CCC(C(=O)N2Cc3ccc(C(=O)NO)cc3OC[C@@H]2c2ccccc2)CC1.COC(=O)c1ccc2c(c1)OC[C@H](c1ccccc1)N(C(=O)C1CCN(C(C)=O)CC1)C2.COC(=O)c1ccc2c(c1)OC[C@H](c1ccccc1)NC2.S.S.S. The summed E-state index contributed by atoms with van der Waals surface area (Å²) in [6, 6.07) is 45.0. The zero-order valence-corrected chi connectivity index (χ0v) is 52.8. The quantitative estimate of drug-likeness (QED) is 0.0737. The number of rotatable bonds is 8. The second-order valence-electron chi connectivity index (χ2n) is 21.5. The third-order valence-corrected chi connectivity index (χ3v) is 16.3. The van der Waals surface area contributed by atoms with Crippen LogP contribution in [0.15, 0.2) is 146 Å². The molecule has 5 aliphatic rings. The number of hydrogen-bond acceptors (Lipinski definition) is 14. The monoisotopic (exact) mass is 1260 g/mol. The van der Waals surface area contributed by atoms with Crippen LogP contribution in [0.2, 0.25) is 0 Å². The van der Waals surface area contributed by atoms with Gasteiger partial charge in [-0.2, -0.15) is 40.5 Å². The molecule has 468 valence electrons. The van der Waals surface area contributed by atoms with E-state index in [2.05, 4.69) is 17.4 Å². The molecule has 0 unspecified atom stereocenters. The van der Waals surface area contributed by atoms with Crippen LogP contribution in [0, 0.1) is 11.8 Å². The highest BCUT2D eigenvalue weighted by Crippen LogP contribution is 2.37. The van der Waals surface area contributed by atoms with E-state index >= 15 is 0 Å². The summed E-state index contributed by atoms with van der Waals surface area (Å²) in [5.74, 6) is 0.397. The van der Waals surface area contributed by atoms with Gasteiger partial charge in [0.05, 0.1) is 56.6 Å². The first-order chi connectivity index (χ1) is 41.2. The summed E-state index contributed by atoms with van der Waals surface area (Å²) >= 11 is 0. The number of ether oxygens (including phenoxy) is 5. The molecule has 0 aromatic heterocycles. The van der Waals surface area contributed by atoms with Crippen LogP contribution < -0.4 is 25.0 Å². The van der Waals surface area contributed by atoms with Crippen molar-refractivity contribution in [3.63, 3.8) is 0 Å². The predicted octanol–water partition coefficient (Wildman–Crippen LogP) is 8.76. The summed E-state index contributed by atoms with van der Waals surface area (Å²) in [4.78, 5) is 93.4. The lowest BCUT2D eigenvalue weighted by atomic mass is 9.93. The van der Waals surface area contributed by atoms with Crippen LogP contribution in [0.1, 0.15) is 122 Å². The van der Waals surface area contributed by atoms with Crippen LogP contribution in [0.4, 0.5) is 0 Å². The fourth-order valence-corrected chi connectivity index (χ4v) is 11.4. The minimum atomic E-state index is -0.620. The molecule has 0 saturated carbocycles. The van der Waals surface area contributed by atoms with Crippen molar-refractivity contribution in [3.8, 4) is 17.2 Å². The van der Waals surface area contributed by atoms with E-state index in [0.29, 0.717) is 107 Å². The van der Waals surface area contributed by atoms with E-state index in [1.165, 1.54) is 19.8 Å². The first-order valence-electron chi connectivity index (χ1n) is 28.6. The first kappa shape index (κ1) is 69.1. The first-order valence-corrected chi connectivity index (χ1v) is 28.6. The Kier molecular flexibility index (Phi) is 25.8. The highest BCUT2D eigenvalue weighted by molar-refractivity contribution is 7.59. The lowest BCUT2D eigenvalue weighted by Gasteiger charge is -2.36. The molecule has 5 amide bonds. The number of nitrogens with one attached hydrogen (secondary N) is 2. The fourth-order valence-electron chi connectivity index (χ4n) is 11.4. The summed E-state index contributed by atoms with van der Waals surface area (Å²) in [7, 11) is 2.72. The van der Waals surface area contributed by atoms with Gasteiger partial charge in [0.15, 0.2) is 0 Å². The van der Waals surface area contributed by atoms with Crippen molar-refractivity contribution < 1.29 is 62.5 Å². The van der Waals surface area contributed by atoms with Crippen molar-refractivity contribution in [1.82, 2.24) is 30.4 Å². The lowest BCUT2D eigenvalue weighted by molar-refractivity contribution is -0.143. The second-order valence-corrected chi connectivity index (χ2v) is 21.5. The molecule has 19 nitrogen and oxygen atoms in total. The van der Waals surface area contributed by atoms with Crippen LogP contribution in [0.25, 0.3) is 0 Å². The van der Waals surface area contributed by atoms with Crippen LogP contribution in [0.5, 0.6) is 17.2 Å². The van der Waals surface area contributed by atoms with Gasteiger partial charge in [0, 0.05) is 80.7 Å². The van der Waals surface area contributed by atoms with Gasteiger partial charge in [0.25, 0.3) is 5.91 Å². The highest BCUT2D eigenvalue weighted by Gasteiger charge is 2.38. The van der Waals surface area contributed by atoms with Crippen LogP contribution >= 0.6 is 40.5 Å². The average Bonchev–Trinajstić information content (AvgIpc) is 2.35. The summed E-state index contributed by atoms with van der Waals surface area (Å²) in [5, 5.41) is 12.4. The minimum Gasteiger partial charge on any atom is -0.491 e. The molecule has 88 heavy (non-hydrogen) atoms. The van der Waals surface area contributed by atoms with Gasteiger partial charge in [0.2, 0.25) is 23.6 Å². The van der Waals surface area contributed by atoms with E-state index in [0.717, 1.165) is 33.6 Å². The Balaban J connectivity index is 0.000000212. The maximum atomic E-state index is 13.7. The maximum absolute atomic E-state index is 13.7. The van der Waals surface area contributed by atoms with Crippen LogP contribution in [-0.2, 0) is 48.3 Å². The number of methoxy groups -OCH3 is 2. The van der Waals surface area contributed by atoms with Gasteiger partial charge in [-0.1, -0.05) is 109 Å². The molecule has 6 aromatic carbocycles. The molecule has 0 aliphatic carbocycles. The third kappa shape index (κ3) is 17.0. The molecule has 3 N–H and O–H groups in total. The minimum absolute atomic E-state index is 0. The number of benzene rings is 6. The summed E-state index contributed by atoms with van der Waals surface area (Å²) in [5.41, 5.74) is 8.70. The number of amides is 5. The average molecular weight is 1260 g/mol. The molecule has 3 atom stereocenters. The van der Waals surface area contributed by atoms with Gasteiger partial charge in [-0.25, -0.2) is 15.1 Å². The van der Waals surface area contributed by atoms with E-state index < -0.39 is 11.9 Å². The van der Waals surface area contributed by atoms with E-state index in [1.807, 2.05) is 101 Å². The highest BCUT2D eigenvalue weighted by atomic mass is 32.1. The zero-order chi connectivity index (χ0) is 60.0. The number of carbonyl (C=O) groups excluding carboxylic acids is 7. The topological polar surface area (TPSA) is 223 Å². The molecular formula is C66H78N6O13S3. The number of likely N-dealkylation sites (tertiary alicyclic amines) is 2. The molecule has 2 fully saturated rings. The Morgan fingerprint density at radius 1 is 0.489 bits per heavy atom. The number of hydroxylamine groups is 1. The zero-order valence-electron chi connectivity index (χ0n) is 49.8. The molecule has 0 radical (unpaired) electrons. The number of carbonyl (C=O) groups is 7. The normalized spacial score (nSPS) is 17.9. The standard InChI is InChI=1S/C25H28N2O5.C24H27N3O5.C17H17NO3.3H2S/c1-17(28)26-12-10-19(11-13-26)24(29)27-15-21-9-8-20(25(30)31-2)14-23(21)32-16-22(27)18-6-4-3-5-7-18;1-16(28)26-11-9-18(10-12-26)24(30)27-14-20-8-7-19(23(29)25-31)13-22(20)32-15-21(27)17-5-3-2-4-6-17;1-20-17(19)13-7-8-14-10-18-15(11-21-16(14)9-13)12-5-3-2-4-6-12;;;/h3-9,14,19,22H,10-13,15-16H2,1-2H3;2-8,13,18,21,31H,9-12,14-15H2,1H3,(H,25,29);2-9,15,18H,10-11H2,1H3;3*1H2/t22-;21-;15-;;;/m111.../s1. The number of hydrogen-bond donors (Lipinski definition) is 3. The molecule has 2 saturated heterocycles. The summed E-state index contributed by atoms with van der Waals surface area (Å²) in [6.45, 7) is 8.02. The van der Waals surface area contributed by atoms with Crippen molar-refractivity contribution in [2.75, 3.05) is 60.2 Å². The van der Waals surface area contributed by atoms with Crippen molar-refractivity contribution in [3.05, 3.63) is 196 Å². The predicted molar refractivity (Wildman–Crippen MR) is 344 cm³/mol. The molecule has 5 heterocycles. The van der Waals surface area contributed by atoms with Gasteiger partial charge in [-0.3, -0.25) is 29.2 Å². The van der Waals surface area contributed by atoms with Crippen molar-refractivity contribution in [2.24, 2.45) is 11.8 Å². The van der Waals surface area contributed by atoms with Gasteiger partial charge in [0.1, 0.15) is 37.1 Å². The van der Waals surface area contributed by atoms with E-state index in [4.69, 9.17) is 28.9 Å². The number of fused-ring (bicyclic) bond motifs is 3. The van der Waals surface area contributed by atoms with E-state index in [9.17, 15) is 33.6 Å². The molecule has 0 spiro atoms. The fraction of sp³-hybridized carbons (Fsp3) is 0.348. The Morgan fingerprint density at radius 3 is 1.25 bits per heavy atom. The van der Waals surface area contributed by atoms with Crippen LogP contribution in [0.3, 0.4) is 0 Å². The molecule has 6 aromatic rings. The smallest absolute Gasteiger partial charge is 0.337 e. The molecule has 22 heteroatoms. The number of nitrogens with zero attached hydrogens (tertiary/aromatic N) is 4. The number of piperidine rings is 2. The maximum Gasteiger partial charge on any atom is 0.337 e. The van der Waals surface area contributed by atoms with Gasteiger partial charge >= 0.3 is 11.9 Å². The Hall–Kier alpha value is -8.02. The lowest BCUT2D eigenvalue weighted by Crippen LogP contribution is -2.45. The molecule has 5 aliphatic heterocycles. The largest absolute Gasteiger partial charge is 0.491 e.